The van der Waals surface area contributed by atoms with E-state index in [2.05, 4.69) is 4.98 Å². The predicted molar refractivity (Wildman–Crippen MR) is 72.4 cm³/mol. The highest BCUT2D eigenvalue weighted by molar-refractivity contribution is 7.89. The molecule has 8 heteroatoms. The molecule has 1 aromatic rings. The van der Waals surface area contributed by atoms with E-state index in [0.717, 1.165) is 4.31 Å². The Bertz CT molecular complexity index is 728. The summed E-state index contributed by atoms with van der Waals surface area (Å²) >= 11 is 0. The Morgan fingerprint density at radius 3 is 2.81 bits per heavy atom. The molecule has 7 nitrogen and oxygen atoms in total. The summed E-state index contributed by atoms with van der Waals surface area (Å²) < 4.78 is 30.4. The molecule has 0 aliphatic carbocycles. The van der Waals surface area contributed by atoms with E-state index in [1.165, 1.54) is 13.1 Å². The highest BCUT2D eigenvalue weighted by atomic mass is 32.2. The fraction of sp³-hybridized carbons (Fsp3) is 0.385. The molecule has 1 unspecified atom stereocenters. The largest absolute Gasteiger partial charge is 0.501 e. The second kappa shape index (κ2) is 4.45. The number of hydrogen-bond donors (Lipinski definition) is 1. The third-order valence-corrected chi connectivity index (χ3v) is 5.51. The number of hydrogen-bond acceptors (Lipinski definition) is 6. The van der Waals surface area contributed by atoms with Crippen molar-refractivity contribution >= 4 is 15.8 Å². The first-order valence-electron chi connectivity index (χ1n) is 6.44. The second-order valence-corrected chi connectivity index (χ2v) is 7.11. The maximum Gasteiger partial charge on any atom is 0.252 e. The third-order valence-electron chi connectivity index (χ3n) is 3.69. The van der Waals surface area contributed by atoms with Crippen molar-refractivity contribution in [1.82, 2.24) is 9.29 Å². The minimum Gasteiger partial charge on any atom is -0.501 e. The molecule has 1 N–H and O–H groups in total. The van der Waals surface area contributed by atoms with E-state index >= 15 is 0 Å². The van der Waals surface area contributed by atoms with Gasteiger partial charge in [-0.2, -0.15) is 0 Å². The van der Waals surface area contributed by atoms with Gasteiger partial charge in [0.2, 0.25) is 21.4 Å². The molecule has 2 aliphatic heterocycles. The normalized spacial score (nSPS) is 28.0. The van der Waals surface area contributed by atoms with Crippen LogP contribution in [0, 0.1) is 0 Å². The van der Waals surface area contributed by atoms with Crippen LogP contribution in [-0.4, -0.2) is 40.9 Å². The number of aliphatic hydroxyl groups is 1. The molecular formula is C13H14N2O5S. The van der Waals surface area contributed by atoms with Gasteiger partial charge in [0, 0.05) is 24.5 Å². The molecule has 0 amide bonds. The molecule has 112 valence electrons. The molecule has 1 saturated heterocycles. The average Bonchev–Trinajstić information content (AvgIpc) is 2.93. The smallest absolute Gasteiger partial charge is 0.252 e. The first kappa shape index (κ1) is 13.9. The number of carbonyl (C=O) groups excluding carboxylic acids is 1. The molecule has 2 aliphatic rings. The molecule has 3 heterocycles. The van der Waals surface area contributed by atoms with Crippen LogP contribution in [-0.2, 0) is 25.2 Å². The number of pyridine rings is 1. The first-order chi connectivity index (χ1) is 9.86. The number of aliphatic hydroxyl groups excluding tert-OH is 1. The van der Waals surface area contributed by atoms with Crippen LogP contribution in [0.25, 0.3) is 0 Å². The number of nitrogens with zero attached hydrogens (tertiary/aromatic N) is 2. The van der Waals surface area contributed by atoms with E-state index in [0.29, 0.717) is 12.0 Å². The molecular weight excluding hydrogens is 296 g/mol. The van der Waals surface area contributed by atoms with Gasteiger partial charge in [0.05, 0.1) is 5.75 Å². The summed E-state index contributed by atoms with van der Waals surface area (Å²) in [6, 6.07) is 3.28. The molecule has 21 heavy (non-hydrogen) atoms. The van der Waals surface area contributed by atoms with Crippen molar-refractivity contribution in [1.29, 1.82) is 0 Å². The molecule has 0 spiro atoms. The Labute approximate surface area is 121 Å². The Kier molecular flexibility index (Phi) is 2.94. The summed E-state index contributed by atoms with van der Waals surface area (Å²) in [7, 11) is -3.54. The molecule has 1 atom stereocenters. The van der Waals surface area contributed by atoms with E-state index in [-0.39, 0.29) is 18.2 Å². The standard InChI is InChI=1S/C13H14N2O5S/c1-13(9-4-2-5-14-8-9)11(17)10(16)12(20-13)15-6-3-7-21(15,18)19/h2,4-5,8,16H,3,6-7H2,1H3. The van der Waals surface area contributed by atoms with E-state index in [4.69, 9.17) is 4.74 Å². The molecule has 0 radical (unpaired) electrons. The van der Waals surface area contributed by atoms with Crippen molar-refractivity contribution in [3.05, 3.63) is 41.7 Å². The zero-order valence-electron chi connectivity index (χ0n) is 11.3. The quantitative estimate of drug-likeness (QED) is 0.862. The van der Waals surface area contributed by atoms with Crippen LogP contribution < -0.4 is 0 Å². The summed E-state index contributed by atoms with van der Waals surface area (Å²) in [4.78, 5) is 16.2. The van der Waals surface area contributed by atoms with Gasteiger partial charge in [-0.1, -0.05) is 6.07 Å². The summed E-state index contributed by atoms with van der Waals surface area (Å²) in [5, 5.41) is 10.0. The van der Waals surface area contributed by atoms with E-state index in [1.807, 2.05) is 0 Å². The van der Waals surface area contributed by atoms with Gasteiger partial charge in [0.15, 0.2) is 0 Å². The summed E-state index contributed by atoms with van der Waals surface area (Å²) in [6.07, 6.45) is 3.43. The van der Waals surface area contributed by atoms with Crippen LogP contribution in [0.4, 0.5) is 0 Å². The minimum atomic E-state index is -3.54. The Morgan fingerprint density at radius 1 is 1.48 bits per heavy atom. The van der Waals surface area contributed by atoms with E-state index in [9.17, 15) is 18.3 Å². The van der Waals surface area contributed by atoms with Crippen LogP contribution in [0.5, 0.6) is 0 Å². The van der Waals surface area contributed by atoms with E-state index in [1.54, 1.807) is 18.3 Å². The number of aromatic nitrogens is 1. The van der Waals surface area contributed by atoms with Crippen LogP contribution in [0.2, 0.25) is 0 Å². The zero-order valence-corrected chi connectivity index (χ0v) is 12.1. The summed E-state index contributed by atoms with van der Waals surface area (Å²) in [5.41, 5.74) is -1.01. The first-order valence-corrected chi connectivity index (χ1v) is 8.05. The summed E-state index contributed by atoms with van der Waals surface area (Å²) in [6.45, 7) is 1.68. The zero-order chi connectivity index (χ0) is 15.3. The van der Waals surface area contributed by atoms with Crippen molar-refractivity contribution in [2.75, 3.05) is 12.3 Å². The van der Waals surface area contributed by atoms with Crippen molar-refractivity contribution in [2.45, 2.75) is 18.9 Å². The highest BCUT2D eigenvalue weighted by Crippen LogP contribution is 2.40. The maximum atomic E-state index is 12.3. The number of ether oxygens (including phenoxy) is 1. The highest BCUT2D eigenvalue weighted by Gasteiger charge is 2.51. The van der Waals surface area contributed by atoms with Gasteiger partial charge in [0.25, 0.3) is 11.7 Å². The second-order valence-electron chi connectivity index (χ2n) is 5.10. The SMILES string of the molecule is CC1(c2cccnc2)OC(N2CCCS2(=O)=O)=C(O)C1=O. The molecule has 1 fully saturated rings. The van der Waals surface area contributed by atoms with Crippen LogP contribution in [0.1, 0.15) is 18.9 Å². The number of carbonyl (C=O) groups is 1. The van der Waals surface area contributed by atoms with E-state index < -0.39 is 27.2 Å². The Morgan fingerprint density at radius 2 is 2.24 bits per heavy atom. The molecule has 0 aromatic carbocycles. The van der Waals surface area contributed by atoms with Gasteiger partial charge < -0.3 is 9.84 Å². The van der Waals surface area contributed by atoms with Crippen LogP contribution >= 0.6 is 0 Å². The predicted octanol–water partition coefficient (Wildman–Crippen LogP) is 0.659. The van der Waals surface area contributed by atoms with Gasteiger partial charge >= 0.3 is 0 Å². The van der Waals surface area contributed by atoms with Gasteiger partial charge in [-0.05, 0) is 19.4 Å². The van der Waals surface area contributed by atoms with Crippen molar-refractivity contribution in [3.63, 3.8) is 0 Å². The lowest BCUT2D eigenvalue weighted by molar-refractivity contribution is -0.132. The number of ketones is 1. The lowest BCUT2D eigenvalue weighted by Crippen LogP contribution is -2.32. The minimum absolute atomic E-state index is 0.0229. The fourth-order valence-electron chi connectivity index (χ4n) is 2.48. The van der Waals surface area contributed by atoms with Gasteiger partial charge in [-0.3, -0.25) is 9.78 Å². The van der Waals surface area contributed by atoms with Crippen LogP contribution in [0.15, 0.2) is 36.2 Å². The summed E-state index contributed by atoms with van der Waals surface area (Å²) in [5.74, 6) is -1.64. The van der Waals surface area contributed by atoms with Gasteiger partial charge in [-0.15, -0.1) is 0 Å². The van der Waals surface area contributed by atoms with Gasteiger partial charge in [0.1, 0.15) is 0 Å². The molecule has 3 rings (SSSR count). The average molecular weight is 310 g/mol. The maximum absolute atomic E-state index is 12.3. The van der Waals surface area contributed by atoms with Crippen molar-refractivity contribution < 1.29 is 23.1 Å². The Hall–Kier alpha value is -2.09. The number of sulfonamides is 1. The topological polar surface area (TPSA) is 96.8 Å². The van der Waals surface area contributed by atoms with Crippen molar-refractivity contribution in [3.8, 4) is 0 Å². The number of Topliss-reactive ketones (excluding diaryl/α,β-unsaturated/α-hetero) is 1. The lowest BCUT2D eigenvalue weighted by Gasteiger charge is -2.25. The third kappa shape index (κ3) is 1.98. The Balaban J connectivity index is 2.02. The molecule has 0 bridgehead atoms. The molecule has 0 saturated carbocycles. The fourth-order valence-corrected chi connectivity index (χ4v) is 3.98. The monoisotopic (exact) mass is 310 g/mol. The number of rotatable bonds is 2. The van der Waals surface area contributed by atoms with Crippen LogP contribution in [0.3, 0.4) is 0 Å². The molecule has 1 aromatic heterocycles. The lowest BCUT2D eigenvalue weighted by atomic mass is 9.93. The van der Waals surface area contributed by atoms with Crippen molar-refractivity contribution in [2.24, 2.45) is 0 Å². The van der Waals surface area contributed by atoms with Gasteiger partial charge in [-0.25, -0.2) is 12.7 Å².